The summed E-state index contributed by atoms with van der Waals surface area (Å²) in [6.45, 7) is 3.11. The Labute approximate surface area is 158 Å². The van der Waals surface area contributed by atoms with Crippen LogP contribution in [0.3, 0.4) is 0 Å². The average molecular weight is 380 g/mol. The molecule has 0 aromatic heterocycles. The van der Waals surface area contributed by atoms with E-state index in [9.17, 15) is 24.0 Å². The molecule has 0 bridgehead atoms. The Morgan fingerprint density at radius 3 is 2.63 bits per heavy atom. The number of piperidine rings is 1. The lowest BCUT2D eigenvalue weighted by molar-refractivity contribution is -0.147. The number of rotatable bonds is 8. The van der Waals surface area contributed by atoms with Gasteiger partial charge in [0, 0.05) is 45.9 Å². The number of amides is 5. The van der Waals surface area contributed by atoms with Gasteiger partial charge < -0.3 is 15.1 Å². The molecule has 150 valence electrons. The normalized spacial score (nSPS) is 22.6. The summed E-state index contributed by atoms with van der Waals surface area (Å²) in [4.78, 5) is 62.5. The van der Waals surface area contributed by atoms with Crippen LogP contribution >= 0.6 is 0 Å². The maximum absolute atomic E-state index is 12.8. The van der Waals surface area contributed by atoms with E-state index in [1.165, 1.54) is 4.90 Å². The van der Waals surface area contributed by atoms with Crippen LogP contribution in [-0.4, -0.2) is 72.1 Å². The van der Waals surface area contributed by atoms with Crippen LogP contribution in [-0.2, 0) is 24.0 Å². The summed E-state index contributed by atoms with van der Waals surface area (Å²) < 4.78 is 0. The molecule has 2 atom stereocenters. The monoisotopic (exact) mass is 380 g/mol. The summed E-state index contributed by atoms with van der Waals surface area (Å²) >= 11 is 0. The fraction of sp³-hybridized carbons (Fsp3) is 0.722. The molecule has 0 aromatic rings. The van der Waals surface area contributed by atoms with E-state index in [0.717, 1.165) is 6.42 Å². The number of likely N-dealkylation sites (tertiary alicyclic amines) is 1. The molecule has 27 heavy (non-hydrogen) atoms. The van der Waals surface area contributed by atoms with Crippen LogP contribution in [0.15, 0.2) is 0 Å². The largest absolute Gasteiger partial charge is 0.354 e. The van der Waals surface area contributed by atoms with Gasteiger partial charge >= 0.3 is 0 Å². The molecule has 2 aliphatic rings. The lowest BCUT2D eigenvalue weighted by atomic mass is 10.0. The Kier molecular flexibility index (Phi) is 7.32. The van der Waals surface area contributed by atoms with E-state index in [2.05, 4.69) is 10.6 Å². The molecule has 2 N–H and O–H groups in total. The smallest absolute Gasteiger partial charge is 0.245 e. The molecule has 0 radical (unpaired) electrons. The molecule has 2 heterocycles. The first-order chi connectivity index (χ1) is 12.8. The summed E-state index contributed by atoms with van der Waals surface area (Å²) in [7, 11) is 1.66. The zero-order chi connectivity index (χ0) is 20.0. The van der Waals surface area contributed by atoms with Gasteiger partial charge in [-0.25, -0.2) is 0 Å². The highest BCUT2D eigenvalue weighted by molar-refractivity contribution is 6.04. The molecule has 2 unspecified atom stereocenters. The van der Waals surface area contributed by atoms with Gasteiger partial charge in [0.15, 0.2) is 0 Å². The first-order valence-corrected chi connectivity index (χ1v) is 9.48. The van der Waals surface area contributed by atoms with Crippen LogP contribution in [0, 0.1) is 5.92 Å². The van der Waals surface area contributed by atoms with Crippen molar-refractivity contribution < 1.29 is 24.0 Å². The van der Waals surface area contributed by atoms with Gasteiger partial charge in [-0.3, -0.25) is 29.3 Å². The zero-order valence-corrected chi connectivity index (χ0v) is 16.0. The van der Waals surface area contributed by atoms with E-state index in [4.69, 9.17) is 0 Å². The molecule has 5 amide bonds. The van der Waals surface area contributed by atoms with E-state index in [1.54, 1.807) is 11.9 Å². The Morgan fingerprint density at radius 1 is 1.26 bits per heavy atom. The highest BCUT2D eigenvalue weighted by Crippen LogP contribution is 2.18. The van der Waals surface area contributed by atoms with E-state index < -0.39 is 17.9 Å². The van der Waals surface area contributed by atoms with E-state index in [0.29, 0.717) is 32.4 Å². The van der Waals surface area contributed by atoms with Gasteiger partial charge in [0.25, 0.3) is 0 Å². The number of hydrogen-bond acceptors (Lipinski definition) is 5. The number of hydrogen-bond donors (Lipinski definition) is 2. The standard InChI is InChI=1S/C18H28N4O5/c1-3-8-22(18(27)13-5-4-6-16(25)21(13)2)9-7-19-14(23)10-12-11-15(24)20-17(12)26/h12-13H,3-11H2,1-2H3,(H,19,23)(H,20,24,26). The van der Waals surface area contributed by atoms with Crippen molar-refractivity contribution in [1.29, 1.82) is 0 Å². The first-order valence-electron chi connectivity index (χ1n) is 9.48. The number of likely N-dealkylation sites (N-methyl/N-ethyl adjacent to an activating group) is 1. The van der Waals surface area contributed by atoms with Crippen LogP contribution < -0.4 is 10.6 Å². The summed E-state index contributed by atoms with van der Waals surface area (Å²) in [6, 6.07) is -0.443. The molecular formula is C18H28N4O5. The molecule has 9 heteroatoms. The first kappa shape index (κ1) is 20.9. The Hall–Kier alpha value is -2.45. The second-order valence-electron chi connectivity index (χ2n) is 7.11. The Morgan fingerprint density at radius 2 is 2.00 bits per heavy atom. The van der Waals surface area contributed by atoms with Crippen molar-refractivity contribution >= 4 is 29.5 Å². The van der Waals surface area contributed by atoms with Crippen molar-refractivity contribution in [2.45, 2.75) is 51.5 Å². The van der Waals surface area contributed by atoms with E-state index >= 15 is 0 Å². The van der Waals surface area contributed by atoms with Crippen molar-refractivity contribution in [3.63, 3.8) is 0 Å². The number of carbonyl (C=O) groups is 5. The summed E-state index contributed by atoms with van der Waals surface area (Å²) in [5.41, 5.74) is 0. The minimum atomic E-state index is -0.618. The van der Waals surface area contributed by atoms with Crippen LogP contribution in [0.2, 0.25) is 0 Å². The lowest BCUT2D eigenvalue weighted by Crippen LogP contribution is -2.52. The van der Waals surface area contributed by atoms with Gasteiger partial charge in [-0.05, 0) is 19.3 Å². The maximum atomic E-state index is 12.8. The quantitative estimate of drug-likeness (QED) is 0.546. The van der Waals surface area contributed by atoms with E-state index in [-0.39, 0.29) is 43.0 Å². The zero-order valence-electron chi connectivity index (χ0n) is 16.0. The highest BCUT2D eigenvalue weighted by Gasteiger charge is 2.34. The second-order valence-corrected chi connectivity index (χ2v) is 7.11. The van der Waals surface area contributed by atoms with Crippen molar-refractivity contribution in [3.05, 3.63) is 0 Å². The molecule has 2 fully saturated rings. The maximum Gasteiger partial charge on any atom is 0.245 e. The fourth-order valence-electron chi connectivity index (χ4n) is 3.49. The molecule has 0 aromatic carbocycles. The number of carbonyl (C=O) groups excluding carboxylic acids is 5. The van der Waals surface area contributed by atoms with Crippen molar-refractivity contribution in [3.8, 4) is 0 Å². The number of nitrogens with one attached hydrogen (secondary N) is 2. The molecule has 0 spiro atoms. The molecule has 2 rings (SSSR count). The van der Waals surface area contributed by atoms with Crippen molar-refractivity contribution in [2.24, 2.45) is 5.92 Å². The molecule has 9 nitrogen and oxygen atoms in total. The van der Waals surface area contributed by atoms with Crippen molar-refractivity contribution in [2.75, 3.05) is 26.7 Å². The van der Waals surface area contributed by atoms with Gasteiger partial charge in [-0.15, -0.1) is 0 Å². The van der Waals surface area contributed by atoms with Crippen LogP contribution in [0.1, 0.15) is 45.4 Å². The Bertz CT molecular complexity index is 621. The SMILES string of the molecule is CCCN(CCNC(=O)CC1CC(=O)NC1=O)C(=O)C1CCCC(=O)N1C. The van der Waals surface area contributed by atoms with Gasteiger partial charge in [0.2, 0.25) is 29.5 Å². The molecule has 0 saturated carbocycles. The minimum absolute atomic E-state index is 0.0197. The predicted octanol–water partition coefficient (Wildman–Crippen LogP) is -0.595. The average Bonchev–Trinajstić information content (AvgIpc) is 2.93. The predicted molar refractivity (Wildman–Crippen MR) is 96.2 cm³/mol. The Balaban J connectivity index is 1.82. The van der Waals surface area contributed by atoms with Crippen LogP contribution in [0.4, 0.5) is 0 Å². The second kappa shape index (κ2) is 9.48. The third-order valence-electron chi connectivity index (χ3n) is 5.02. The number of nitrogens with zero attached hydrogens (tertiary/aromatic N) is 2. The highest BCUT2D eigenvalue weighted by atomic mass is 16.2. The van der Waals surface area contributed by atoms with Gasteiger partial charge in [-0.1, -0.05) is 6.92 Å². The van der Waals surface area contributed by atoms with Gasteiger partial charge in [0.05, 0.1) is 5.92 Å². The van der Waals surface area contributed by atoms with E-state index in [1.807, 2.05) is 6.92 Å². The van der Waals surface area contributed by atoms with Crippen LogP contribution in [0.25, 0.3) is 0 Å². The van der Waals surface area contributed by atoms with Gasteiger partial charge in [-0.2, -0.15) is 0 Å². The number of imide groups is 1. The summed E-state index contributed by atoms with van der Waals surface area (Å²) in [6.07, 6.45) is 2.60. The molecular weight excluding hydrogens is 352 g/mol. The van der Waals surface area contributed by atoms with Crippen LogP contribution in [0.5, 0.6) is 0 Å². The van der Waals surface area contributed by atoms with Gasteiger partial charge in [0.1, 0.15) is 6.04 Å². The minimum Gasteiger partial charge on any atom is -0.354 e. The third-order valence-corrected chi connectivity index (χ3v) is 5.02. The fourth-order valence-corrected chi connectivity index (χ4v) is 3.49. The third kappa shape index (κ3) is 5.51. The molecule has 0 aliphatic carbocycles. The molecule has 2 saturated heterocycles. The summed E-state index contributed by atoms with van der Waals surface area (Å²) in [5, 5.41) is 4.89. The van der Waals surface area contributed by atoms with Crippen molar-refractivity contribution in [1.82, 2.24) is 20.4 Å². The molecule has 2 aliphatic heterocycles. The summed E-state index contributed by atoms with van der Waals surface area (Å²) in [5.74, 6) is -1.82. The topological polar surface area (TPSA) is 116 Å². The lowest BCUT2D eigenvalue weighted by Gasteiger charge is -2.35.